The zero-order valence-electron chi connectivity index (χ0n) is 8.47. The number of benzene rings is 1. The quantitative estimate of drug-likeness (QED) is 0.589. The molecule has 1 rings (SSSR count). The van der Waals surface area contributed by atoms with Gasteiger partial charge in [0, 0.05) is 6.54 Å². The summed E-state index contributed by atoms with van der Waals surface area (Å²) in [6, 6.07) is 2.63. The second kappa shape index (κ2) is 4.14. The Morgan fingerprint density at radius 2 is 2.13 bits per heavy atom. The van der Waals surface area contributed by atoms with E-state index in [9.17, 15) is 20.4 Å². The summed E-state index contributed by atoms with van der Waals surface area (Å²) < 4.78 is 0. The average Bonchev–Trinajstić information content (AvgIpc) is 2.20. The predicted molar refractivity (Wildman–Crippen MR) is 54.3 cm³/mol. The van der Waals surface area contributed by atoms with Gasteiger partial charge in [-0.3, -0.25) is 20.4 Å². The molecule has 15 heavy (non-hydrogen) atoms. The first kappa shape index (κ1) is 11.3. The van der Waals surface area contributed by atoms with Crippen LogP contribution in [0, 0.1) is 17.0 Å². The van der Waals surface area contributed by atoms with Crippen LogP contribution in [0.3, 0.4) is 0 Å². The second-order valence-corrected chi connectivity index (χ2v) is 3.05. The molecule has 0 heterocycles. The zero-order valence-corrected chi connectivity index (χ0v) is 8.47. The van der Waals surface area contributed by atoms with E-state index in [0.29, 0.717) is 0 Å². The van der Waals surface area contributed by atoms with Crippen LogP contribution in [-0.4, -0.2) is 21.8 Å². The van der Waals surface area contributed by atoms with E-state index in [1.807, 2.05) is 0 Å². The van der Waals surface area contributed by atoms with Gasteiger partial charge in [0.25, 0.3) is 0 Å². The smallest absolute Gasteiger partial charge is 0.301 e. The molecule has 0 bridgehead atoms. The van der Waals surface area contributed by atoms with Gasteiger partial charge in [-0.2, -0.15) is 0 Å². The highest BCUT2D eigenvalue weighted by Crippen LogP contribution is 2.35. The van der Waals surface area contributed by atoms with Gasteiger partial charge in [-0.15, -0.1) is 0 Å². The number of aromatic hydroxyl groups is 1. The summed E-state index contributed by atoms with van der Waals surface area (Å²) in [7, 11) is 0. The fraction of sp³-hybridized carbons (Fsp3) is 0.333. The predicted octanol–water partition coefficient (Wildman–Crippen LogP) is 1.82. The number of anilines is 1. The average molecular weight is 212 g/mol. The summed E-state index contributed by atoms with van der Waals surface area (Å²) in [5.41, 5.74) is -0.0536. The second-order valence-electron chi connectivity index (χ2n) is 3.05. The van der Waals surface area contributed by atoms with Crippen molar-refractivity contribution in [2.75, 3.05) is 11.6 Å². The molecule has 0 aliphatic heterocycles. The molecule has 0 atom stereocenters. The van der Waals surface area contributed by atoms with Crippen LogP contribution >= 0.6 is 0 Å². The molecule has 0 saturated heterocycles. The zero-order chi connectivity index (χ0) is 11.6. The van der Waals surface area contributed by atoms with Crippen LogP contribution in [0.25, 0.3) is 0 Å². The van der Waals surface area contributed by atoms with Gasteiger partial charge in [-0.1, -0.05) is 0 Å². The summed E-state index contributed by atoms with van der Waals surface area (Å²) in [4.78, 5) is 10.2. The summed E-state index contributed by atoms with van der Waals surface area (Å²) in [5, 5.41) is 30.3. The maximum Gasteiger partial charge on any atom is 0.301 e. The molecule has 2 N–H and O–H groups in total. The molecular weight excluding hydrogens is 200 g/mol. The van der Waals surface area contributed by atoms with E-state index in [1.165, 1.54) is 19.1 Å². The lowest BCUT2D eigenvalue weighted by molar-refractivity contribution is -0.384. The molecule has 0 aliphatic rings. The van der Waals surface area contributed by atoms with Gasteiger partial charge < -0.3 is 5.11 Å². The Hall–Kier alpha value is -1.82. The summed E-state index contributed by atoms with van der Waals surface area (Å²) >= 11 is 0. The molecule has 6 nitrogen and oxygen atoms in total. The van der Waals surface area contributed by atoms with Crippen molar-refractivity contribution in [3.05, 3.63) is 27.8 Å². The van der Waals surface area contributed by atoms with Crippen LogP contribution in [0.4, 0.5) is 11.4 Å². The molecule has 0 fully saturated rings. The first-order valence-corrected chi connectivity index (χ1v) is 4.42. The Morgan fingerprint density at radius 1 is 1.53 bits per heavy atom. The van der Waals surface area contributed by atoms with E-state index in [4.69, 9.17) is 0 Å². The summed E-state index contributed by atoms with van der Waals surface area (Å²) in [6.45, 7) is 3.32. The van der Waals surface area contributed by atoms with Gasteiger partial charge in [0.15, 0.2) is 0 Å². The van der Waals surface area contributed by atoms with Gasteiger partial charge in [0.2, 0.25) is 0 Å². The van der Waals surface area contributed by atoms with Crippen molar-refractivity contribution in [2.24, 2.45) is 0 Å². The third kappa shape index (κ3) is 1.99. The molecule has 0 spiro atoms. The monoisotopic (exact) mass is 212 g/mol. The number of rotatable bonds is 3. The summed E-state index contributed by atoms with van der Waals surface area (Å²) in [5.74, 6) is -0.157. The van der Waals surface area contributed by atoms with E-state index < -0.39 is 4.92 Å². The van der Waals surface area contributed by atoms with E-state index >= 15 is 0 Å². The maximum absolute atomic E-state index is 10.8. The minimum atomic E-state index is -0.622. The Labute approximate surface area is 86.5 Å². The van der Waals surface area contributed by atoms with Crippen LogP contribution < -0.4 is 5.06 Å². The Morgan fingerprint density at radius 3 is 2.60 bits per heavy atom. The molecule has 82 valence electrons. The largest absolute Gasteiger partial charge is 0.507 e. The number of hydroxylamine groups is 1. The third-order valence-corrected chi connectivity index (χ3v) is 2.14. The highest BCUT2D eigenvalue weighted by atomic mass is 16.6. The minimum absolute atomic E-state index is 0.0813. The molecule has 0 aliphatic carbocycles. The van der Waals surface area contributed by atoms with Gasteiger partial charge in [0.05, 0.1) is 10.5 Å². The molecule has 0 amide bonds. The van der Waals surface area contributed by atoms with Gasteiger partial charge >= 0.3 is 5.69 Å². The lowest BCUT2D eigenvalue weighted by Crippen LogP contribution is -2.18. The van der Waals surface area contributed by atoms with Crippen molar-refractivity contribution in [1.29, 1.82) is 0 Å². The number of phenolic OH excluding ortho intramolecular Hbond substituents is 1. The molecule has 0 saturated carbocycles. The minimum Gasteiger partial charge on any atom is -0.507 e. The lowest BCUT2D eigenvalue weighted by atomic mass is 10.1. The Kier molecular flexibility index (Phi) is 3.11. The van der Waals surface area contributed by atoms with Crippen LogP contribution in [-0.2, 0) is 0 Å². The molecule has 1 aromatic rings. The number of nitro benzene ring substituents is 1. The van der Waals surface area contributed by atoms with Gasteiger partial charge in [-0.25, -0.2) is 0 Å². The lowest BCUT2D eigenvalue weighted by Gasteiger charge is -2.15. The van der Waals surface area contributed by atoms with Crippen molar-refractivity contribution in [1.82, 2.24) is 0 Å². The maximum atomic E-state index is 10.8. The number of hydrogen-bond donors (Lipinski definition) is 2. The standard InChI is InChI=1S/C9H12N2O4/c1-3-10(13)7-4-5-8(12)6(2)9(7)11(14)15/h4-5,12-13H,3H2,1-2H3. The third-order valence-electron chi connectivity index (χ3n) is 2.14. The molecule has 1 aromatic carbocycles. The number of phenols is 1. The molecular formula is C9H12N2O4. The Bertz CT molecular complexity index is 392. The van der Waals surface area contributed by atoms with E-state index in [2.05, 4.69) is 0 Å². The SMILES string of the molecule is CCN(O)c1ccc(O)c(C)c1[N+](=O)[O-]. The fourth-order valence-electron chi connectivity index (χ4n) is 1.28. The van der Waals surface area contributed by atoms with Crippen LogP contribution in [0.1, 0.15) is 12.5 Å². The first-order chi connectivity index (χ1) is 6.99. The van der Waals surface area contributed by atoms with Crippen molar-refractivity contribution in [3.63, 3.8) is 0 Å². The molecule has 6 heteroatoms. The topological polar surface area (TPSA) is 86.8 Å². The van der Waals surface area contributed by atoms with Crippen molar-refractivity contribution < 1.29 is 15.2 Å². The van der Waals surface area contributed by atoms with Crippen molar-refractivity contribution in [3.8, 4) is 5.75 Å². The molecule has 0 radical (unpaired) electrons. The van der Waals surface area contributed by atoms with Crippen molar-refractivity contribution in [2.45, 2.75) is 13.8 Å². The highest BCUT2D eigenvalue weighted by Gasteiger charge is 2.22. The molecule has 0 unspecified atom stereocenters. The van der Waals surface area contributed by atoms with E-state index in [0.717, 1.165) is 5.06 Å². The van der Waals surface area contributed by atoms with Crippen LogP contribution in [0.5, 0.6) is 5.75 Å². The van der Waals surface area contributed by atoms with E-state index in [-0.39, 0.29) is 29.2 Å². The number of hydrogen-bond acceptors (Lipinski definition) is 5. The highest BCUT2D eigenvalue weighted by molar-refractivity contribution is 5.68. The van der Waals surface area contributed by atoms with Crippen LogP contribution in [0.2, 0.25) is 0 Å². The van der Waals surface area contributed by atoms with E-state index in [1.54, 1.807) is 6.92 Å². The van der Waals surface area contributed by atoms with Crippen molar-refractivity contribution >= 4 is 11.4 Å². The number of nitro groups is 1. The number of nitrogens with zero attached hydrogens (tertiary/aromatic N) is 2. The Balaban J connectivity index is 3.40. The molecule has 0 aromatic heterocycles. The first-order valence-electron chi connectivity index (χ1n) is 4.42. The van der Waals surface area contributed by atoms with Crippen LogP contribution in [0.15, 0.2) is 12.1 Å². The normalized spacial score (nSPS) is 10.1. The van der Waals surface area contributed by atoms with Gasteiger partial charge in [0.1, 0.15) is 11.4 Å². The van der Waals surface area contributed by atoms with Gasteiger partial charge in [-0.05, 0) is 26.0 Å². The fourth-order valence-corrected chi connectivity index (χ4v) is 1.28. The summed E-state index contributed by atoms with van der Waals surface area (Å²) in [6.07, 6.45) is 0.